The number of benzene rings is 2. The number of hydrogen-bond acceptors (Lipinski definition) is 5. The Kier molecular flexibility index (Phi) is 6.32. The lowest BCUT2D eigenvalue weighted by Crippen LogP contribution is -2.45. The Balaban J connectivity index is 1.12. The Labute approximate surface area is 191 Å². The molecule has 172 valence electrons. The fourth-order valence-electron chi connectivity index (χ4n) is 4.43. The predicted octanol–water partition coefficient (Wildman–Crippen LogP) is 3.47. The molecule has 1 aromatic heterocycles. The highest BCUT2D eigenvalue weighted by Gasteiger charge is 2.28. The topological polar surface area (TPSA) is 84.3 Å². The van der Waals surface area contributed by atoms with Gasteiger partial charge in [0.2, 0.25) is 0 Å². The van der Waals surface area contributed by atoms with E-state index in [9.17, 15) is 9.18 Å². The number of carbonyl (C=O) groups is 1. The summed E-state index contributed by atoms with van der Waals surface area (Å²) < 4.78 is 21.9. The van der Waals surface area contributed by atoms with Gasteiger partial charge in [-0.3, -0.25) is 4.90 Å². The molecule has 2 aliphatic heterocycles. The van der Waals surface area contributed by atoms with E-state index < -0.39 is 0 Å². The van der Waals surface area contributed by atoms with Crippen molar-refractivity contribution in [3.63, 3.8) is 0 Å². The number of urea groups is 1. The van der Waals surface area contributed by atoms with Gasteiger partial charge in [-0.25, -0.2) is 13.9 Å². The highest BCUT2D eigenvalue weighted by Crippen LogP contribution is 2.29. The van der Waals surface area contributed by atoms with Crippen LogP contribution in [0.2, 0.25) is 0 Å². The van der Waals surface area contributed by atoms with Crippen LogP contribution >= 0.6 is 0 Å². The van der Waals surface area contributed by atoms with E-state index in [2.05, 4.69) is 25.8 Å². The number of aromatic nitrogens is 3. The van der Waals surface area contributed by atoms with Crippen LogP contribution in [-0.2, 0) is 24.4 Å². The zero-order valence-corrected chi connectivity index (χ0v) is 18.3. The third-order valence-electron chi connectivity index (χ3n) is 6.26. The summed E-state index contributed by atoms with van der Waals surface area (Å²) in [6.45, 7) is 3.22. The summed E-state index contributed by atoms with van der Waals surface area (Å²) in [5.41, 5.74) is 3.18. The molecule has 2 amide bonds. The van der Waals surface area contributed by atoms with Gasteiger partial charge in [0.15, 0.2) is 0 Å². The van der Waals surface area contributed by atoms with Crippen molar-refractivity contribution in [2.75, 3.05) is 18.4 Å². The van der Waals surface area contributed by atoms with Crippen LogP contribution in [0.25, 0.3) is 0 Å². The molecule has 5 rings (SSSR count). The first-order valence-electron chi connectivity index (χ1n) is 11.3. The normalized spacial score (nSPS) is 19.1. The van der Waals surface area contributed by atoms with E-state index in [1.807, 2.05) is 41.1 Å². The van der Waals surface area contributed by atoms with Crippen LogP contribution in [-0.4, -0.2) is 45.1 Å². The Morgan fingerprint density at radius 3 is 2.64 bits per heavy atom. The lowest BCUT2D eigenvalue weighted by molar-refractivity contribution is -0.00413. The summed E-state index contributed by atoms with van der Waals surface area (Å²) in [7, 11) is 0. The summed E-state index contributed by atoms with van der Waals surface area (Å²) >= 11 is 0. The lowest BCUT2D eigenvalue weighted by atomic mass is 10.0. The van der Waals surface area contributed by atoms with Crippen molar-refractivity contribution in [1.82, 2.24) is 25.2 Å². The Morgan fingerprint density at radius 2 is 1.85 bits per heavy atom. The first-order chi connectivity index (χ1) is 16.2. The third-order valence-corrected chi connectivity index (χ3v) is 6.26. The molecule has 1 atom stereocenters. The molecule has 0 bridgehead atoms. The molecule has 0 saturated carbocycles. The molecule has 8 nitrogen and oxygen atoms in total. The summed E-state index contributed by atoms with van der Waals surface area (Å²) in [6, 6.07) is 16.1. The largest absolute Gasteiger partial charge is 0.365 e. The first-order valence-corrected chi connectivity index (χ1v) is 11.3. The number of nitrogens with one attached hydrogen (secondary N) is 2. The number of anilines is 1. The van der Waals surface area contributed by atoms with Crippen molar-refractivity contribution < 1.29 is 13.9 Å². The van der Waals surface area contributed by atoms with Crippen LogP contribution in [0.4, 0.5) is 14.9 Å². The standard InChI is InChI=1S/C24H27FN6O2/c25-20-9-5-4-8-19(20)23-15-31-22(16-33-23)21(28-29-31)14-30-12-10-18(11-13-30)27-24(32)26-17-6-2-1-3-7-17/h1-9,18,23H,10-16H2,(H2,26,27,32)/t23-/m0/s1. The number of amides is 2. The van der Waals surface area contributed by atoms with E-state index in [-0.39, 0.29) is 24.0 Å². The molecule has 2 N–H and O–H groups in total. The molecular weight excluding hydrogens is 423 g/mol. The summed E-state index contributed by atoms with van der Waals surface area (Å²) in [4.78, 5) is 14.6. The second-order valence-electron chi connectivity index (χ2n) is 8.50. The fourth-order valence-corrected chi connectivity index (χ4v) is 4.43. The molecule has 9 heteroatoms. The van der Waals surface area contributed by atoms with Crippen molar-refractivity contribution in [3.05, 3.63) is 77.4 Å². The molecule has 0 radical (unpaired) electrons. The quantitative estimate of drug-likeness (QED) is 0.622. The van der Waals surface area contributed by atoms with E-state index in [4.69, 9.17) is 4.74 Å². The maximum Gasteiger partial charge on any atom is 0.319 e. The second-order valence-corrected chi connectivity index (χ2v) is 8.50. The van der Waals surface area contributed by atoms with Gasteiger partial charge in [-0.15, -0.1) is 5.10 Å². The predicted molar refractivity (Wildman–Crippen MR) is 121 cm³/mol. The van der Waals surface area contributed by atoms with E-state index >= 15 is 0 Å². The van der Waals surface area contributed by atoms with Crippen LogP contribution in [0.3, 0.4) is 0 Å². The number of fused-ring (bicyclic) bond motifs is 1. The molecule has 0 spiro atoms. The van der Waals surface area contributed by atoms with Gasteiger partial charge >= 0.3 is 6.03 Å². The van der Waals surface area contributed by atoms with Gasteiger partial charge in [-0.2, -0.15) is 0 Å². The maximum absolute atomic E-state index is 14.1. The molecule has 1 saturated heterocycles. The molecule has 3 aromatic rings. The van der Waals surface area contributed by atoms with Gasteiger partial charge in [0.05, 0.1) is 18.8 Å². The smallest absolute Gasteiger partial charge is 0.319 e. The average molecular weight is 451 g/mol. The SMILES string of the molecule is O=C(Nc1ccccc1)NC1CCN(Cc2nnn3c2CO[C@H](c2ccccc2F)C3)CC1. The van der Waals surface area contributed by atoms with Crippen molar-refractivity contribution in [2.24, 2.45) is 0 Å². The van der Waals surface area contributed by atoms with E-state index in [0.29, 0.717) is 25.3 Å². The second kappa shape index (κ2) is 9.68. The van der Waals surface area contributed by atoms with Crippen LogP contribution in [0, 0.1) is 5.82 Å². The number of carbonyl (C=O) groups excluding carboxylic acids is 1. The number of hydrogen-bond donors (Lipinski definition) is 2. The number of likely N-dealkylation sites (tertiary alicyclic amines) is 1. The van der Waals surface area contributed by atoms with Gasteiger partial charge in [0.25, 0.3) is 0 Å². The summed E-state index contributed by atoms with van der Waals surface area (Å²) in [6.07, 6.45) is 1.38. The molecule has 3 heterocycles. The fraction of sp³-hybridized carbons (Fsp3) is 0.375. The van der Waals surface area contributed by atoms with Crippen LogP contribution in [0.1, 0.15) is 35.9 Å². The minimum atomic E-state index is -0.364. The zero-order valence-electron chi connectivity index (χ0n) is 18.3. The van der Waals surface area contributed by atoms with Crippen molar-refractivity contribution in [2.45, 2.75) is 44.7 Å². The van der Waals surface area contributed by atoms with E-state index in [1.165, 1.54) is 6.07 Å². The highest BCUT2D eigenvalue weighted by atomic mass is 19.1. The van der Waals surface area contributed by atoms with Crippen LogP contribution in [0.5, 0.6) is 0 Å². The molecule has 0 unspecified atom stereocenters. The molecule has 33 heavy (non-hydrogen) atoms. The number of nitrogens with zero attached hydrogens (tertiary/aromatic N) is 4. The molecule has 1 fully saturated rings. The minimum absolute atomic E-state index is 0.142. The molecule has 0 aliphatic carbocycles. The first kappa shape index (κ1) is 21.5. The molecule has 2 aliphatic rings. The van der Waals surface area contributed by atoms with Crippen molar-refractivity contribution in [1.29, 1.82) is 0 Å². The average Bonchev–Trinajstić information content (AvgIpc) is 3.23. The number of piperidine rings is 1. The van der Waals surface area contributed by atoms with Gasteiger partial charge in [-0.05, 0) is 31.0 Å². The van der Waals surface area contributed by atoms with Gasteiger partial charge in [-0.1, -0.05) is 41.6 Å². The Morgan fingerprint density at radius 1 is 1.09 bits per heavy atom. The number of ether oxygens (including phenoxy) is 1. The minimum Gasteiger partial charge on any atom is -0.365 e. The summed E-state index contributed by atoms with van der Waals surface area (Å²) in [5, 5.41) is 14.6. The third kappa shape index (κ3) is 5.04. The molecule has 2 aromatic carbocycles. The lowest BCUT2D eigenvalue weighted by Gasteiger charge is -2.32. The van der Waals surface area contributed by atoms with E-state index in [0.717, 1.165) is 43.0 Å². The van der Waals surface area contributed by atoms with Crippen LogP contribution in [0.15, 0.2) is 54.6 Å². The van der Waals surface area contributed by atoms with Crippen molar-refractivity contribution in [3.8, 4) is 0 Å². The molecular formula is C24H27FN6O2. The monoisotopic (exact) mass is 450 g/mol. The number of rotatable bonds is 5. The van der Waals surface area contributed by atoms with Gasteiger partial charge in [0, 0.05) is 36.9 Å². The van der Waals surface area contributed by atoms with Gasteiger partial charge < -0.3 is 15.4 Å². The number of halogens is 1. The highest BCUT2D eigenvalue weighted by molar-refractivity contribution is 5.89. The van der Waals surface area contributed by atoms with Gasteiger partial charge in [0.1, 0.15) is 17.6 Å². The summed E-state index contributed by atoms with van der Waals surface area (Å²) in [5.74, 6) is -0.264. The van der Waals surface area contributed by atoms with Crippen LogP contribution < -0.4 is 10.6 Å². The maximum atomic E-state index is 14.1. The van der Waals surface area contributed by atoms with E-state index in [1.54, 1.807) is 12.1 Å². The Bertz CT molecular complexity index is 1100. The zero-order chi connectivity index (χ0) is 22.6. The number of para-hydroxylation sites is 1. The van der Waals surface area contributed by atoms with Crippen molar-refractivity contribution >= 4 is 11.7 Å². The Hall–Kier alpha value is -3.30.